The quantitative estimate of drug-likeness (QED) is 0.595. The maximum atomic E-state index is 9.28. The van der Waals surface area contributed by atoms with Crippen LogP contribution in [0, 0.1) is 5.41 Å². The Balaban J connectivity index is 4.37. The van der Waals surface area contributed by atoms with E-state index in [0.29, 0.717) is 0 Å². The number of rotatable bonds is 3. The molecule has 0 amide bonds. The van der Waals surface area contributed by atoms with E-state index in [1.165, 1.54) is 0 Å². The van der Waals surface area contributed by atoms with Gasteiger partial charge in [0.15, 0.2) is 0 Å². The maximum absolute atomic E-state index is 9.28. The average Bonchev–Trinajstić information content (AvgIpc) is 1.88. The molecule has 0 aliphatic carbocycles. The number of aliphatic hydroxyl groups is 1. The lowest BCUT2D eigenvalue weighted by Gasteiger charge is -2.24. The van der Waals surface area contributed by atoms with Crippen molar-refractivity contribution in [3.05, 3.63) is 24.8 Å². The first kappa shape index (κ1) is 9.44. The molecule has 0 heterocycles. The fraction of sp³-hybridized carbons (Fsp3) is 0.556. The lowest BCUT2D eigenvalue weighted by atomic mass is 9.85. The van der Waals surface area contributed by atoms with Gasteiger partial charge in [-0.15, -0.1) is 6.58 Å². The van der Waals surface area contributed by atoms with Gasteiger partial charge in [0.1, 0.15) is 0 Å². The SMILES string of the molecule is C=CC(C)(/C=C/C)C(C)O. The first-order valence-corrected chi connectivity index (χ1v) is 3.52. The van der Waals surface area contributed by atoms with Gasteiger partial charge in [-0.3, -0.25) is 0 Å². The number of hydrogen-bond acceptors (Lipinski definition) is 1. The largest absolute Gasteiger partial charge is 0.392 e. The van der Waals surface area contributed by atoms with Crippen molar-refractivity contribution in [2.24, 2.45) is 5.41 Å². The van der Waals surface area contributed by atoms with Gasteiger partial charge in [0.25, 0.3) is 0 Å². The first-order chi connectivity index (χ1) is 4.56. The molecule has 1 heteroatoms. The molecule has 58 valence electrons. The fourth-order valence-electron chi connectivity index (χ4n) is 0.737. The molecule has 0 aromatic heterocycles. The van der Waals surface area contributed by atoms with Crippen molar-refractivity contribution >= 4 is 0 Å². The monoisotopic (exact) mass is 140 g/mol. The highest BCUT2D eigenvalue weighted by Gasteiger charge is 2.21. The van der Waals surface area contributed by atoms with Crippen molar-refractivity contribution in [2.45, 2.75) is 26.9 Å². The van der Waals surface area contributed by atoms with Crippen LogP contribution in [-0.4, -0.2) is 11.2 Å². The van der Waals surface area contributed by atoms with E-state index in [0.717, 1.165) is 0 Å². The summed E-state index contributed by atoms with van der Waals surface area (Å²) in [5, 5.41) is 9.28. The molecule has 0 saturated heterocycles. The van der Waals surface area contributed by atoms with Crippen LogP contribution in [0.4, 0.5) is 0 Å². The zero-order chi connectivity index (χ0) is 8.20. The van der Waals surface area contributed by atoms with Crippen LogP contribution in [0.2, 0.25) is 0 Å². The van der Waals surface area contributed by atoms with Gasteiger partial charge in [-0.25, -0.2) is 0 Å². The summed E-state index contributed by atoms with van der Waals surface area (Å²) < 4.78 is 0. The highest BCUT2D eigenvalue weighted by Crippen LogP contribution is 2.24. The van der Waals surface area contributed by atoms with Crippen molar-refractivity contribution < 1.29 is 5.11 Å². The molecule has 0 saturated carbocycles. The standard InChI is InChI=1S/C9H16O/c1-5-7-9(4,6-2)8(3)10/h5-8,10H,2H2,1,3-4H3/b7-5+. The van der Waals surface area contributed by atoms with Crippen LogP contribution in [0.1, 0.15) is 20.8 Å². The average molecular weight is 140 g/mol. The summed E-state index contributed by atoms with van der Waals surface area (Å²) >= 11 is 0. The van der Waals surface area contributed by atoms with E-state index in [2.05, 4.69) is 6.58 Å². The molecule has 0 radical (unpaired) electrons. The third-order valence-corrected chi connectivity index (χ3v) is 1.87. The minimum absolute atomic E-state index is 0.269. The Labute approximate surface area is 63.1 Å². The van der Waals surface area contributed by atoms with Gasteiger partial charge in [0.05, 0.1) is 6.10 Å². The van der Waals surface area contributed by atoms with Gasteiger partial charge in [0, 0.05) is 5.41 Å². The molecule has 2 atom stereocenters. The van der Waals surface area contributed by atoms with Crippen LogP contribution >= 0.6 is 0 Å². The number of aliphatic hydroxyl groups excluding tert-OH is 1. The molecular weight excluding hydrogens is 124 g/mol. The van der Waals surface area contributed by atoms with Crippen molar-refractivity contribution in [3.63, 3.8) is 0 Å². The smallest absolute Gasteiger partial charge is 0.0634 e. The Morgan fingerprint density at radius 2 is 2.10 bits per heavy atom. The summed E-state index contributed by atoms with van der Waals surface area (Å²) in [5.41, 5.74) is -0.269. The van der Waals surface area contributed by atoms with E-state index in [4.69, 9.17) is 0 Å². The predicted molar refractivity (Wildman–Crippen MR) is 44.8 cm³/mol. The van der Waals surface area contributed by atoms with Gasteiger partial charge >= 0.3 is 0 Å². The Morgan fingerprint density at radius 1 is 1.60 bits per heavy atom. The summed E-state index contributed by atoms with van der Waals surface area (Å²) in [4.78, 5) is 0. The molecule has 10 heavy (non-hydrogen) atoms. The van der Waals surface area contributed by atoms with Gasteiger partial charge in [-0.05, 0) is 13.8 Å². The third-order valence-electron chi connectivity index (χ3n) is 1.87. The second-order valence-electron chi connectivity index (χ2n) is 2.75. The lowest BCUT2D eigenvalue weighted by Crippen LogP contribution is -2.24. The molecule has 0 rings (SSSR count). The molecule has 0 aliphatic heterocycles. The molecule has 0 fully saturated rings. The second kappa shape index (κ2) is 3.57. The fourth-order valence-corrected chi connectivity index (χ4v) is 0.737. The third kappa shape index (κ3) is 1.99. The van der Waals surface area contributed by atoms with E-state index in [1.54, 1.807) is 13.0 Å². The maximum Gasteiger partial charge on any atom is 0.0634 e. The van der Waals surface area contributed by atoms with Crippen molar-refractivity contribution in [3.8, 4) is 0 Å². The molecule has 1 N–H and O–H groups in total. The Kier molecular flexibility index (Phi) is 3.37. The normalized spacial score (nSPS) is 20.4. The number of allylic oxidation sites excluding steroid dienone is 1. The van der Waals surface area contributed by atoms with E-state index in [1.807, 2.05) is 26.0 Å². The van der Waals surface area contributed by atoms with Gasteiger partial charge in [0.2, 0.25) is 0 Å². The highest BCUT2D eigenvalue weighted by molar-refractivity contribution is 5.08. The minimum Gasteiger partial charge on any atom is -0.392 e. The van der Waals surface area contributed by atoms with Gasteiger partial charge in [-0.2, -0.15) is 0 Å². The van der Waals surface area contributed by atoms with Crippen LogP contribution in [0.3, 0.4) is 0 Å². The van der Waals surface area contributed by atoms with Crippen molar-refractivity contribution in [1.82, 2.24) is 0 Å². The molecule has 1 nitrogen and oxygen atoms in total. The Morgan fingerprint density at radius 3 is 2.20 bits per heavy atom. The molecule has 2 unspecified atom stereocenters. The molecule has 0 spiro atoms. The summed E-state index contributed by atoms with van der Waals surface area (Å²) in [6.07, 6.45) is 5.26. The molecule has 0 aromatic rings. The van der Waals surface area contributed by atoms with E-state index < -0.39 is 0 Å². The lowest BCUT2D eigenvalue weighted by molar-refractivity contribution is 0.117. The highest BCUT2D eigenvalue weighted by atomic mass is 16.3. The van der Waals surface area contributed by atoms with Crippen molar-refractivity contribution in [2.75, 3.05) is 0 Å². The van der Waals surface area contributed by atoms with E-state index >= 15 is 0 Å². The Hall–Kier alpha value is -0.560. The zero-order valence-electron chi connectivity index (χ0n) is 6.96. The van der Waals surface area contributed by atoms with E-state index in [-0.39, 0.29) is 11.5 Å². The molecular formula is C9H16O. The molecule has 0 aliphatic rings. The summed E-state index contributed by atoms with van der Waals surface area (Å²) in [6.45, 7) is 9.31. The summed E-state index contributed by atoms with van der Waals surface area (Å²) in [6, 6.07) is 0. The van der Waals surface area contributed by atoms with Crippen LogP contribution in [0.15, 0.2) is 24.8 Å². The van der Waals surface area contributed by atoms with Crippen LogP contribution < -0.4 is 0 Å². The first-order valence-electron chi connectivity index (χ1n) is 3.52. The van der Waals surface area contributed by atoms with Gasteiger partial charge < -0.3 is 5.11 Å². The van der Waals surface area contributed by atoms with Crippen LogP contribution in [-0.2, 0) is 0 Å². The summed E-state index contributed by atoms with van der Waals surface area (Å²) in [5.74, 6) is 0. The number of hydrogen-bond donors (Lipinski definition) is 1. The summed E-state index contributed by atoms with van der Waals surface area (Å²) in [7, 11) is 0. The van der Waals surface area contributed by atoms with E-state index in [9.17, 15) is 5.11 Å². The van der Waals surface area contributed by atoms with Crippen LogP contribution in [0.5, 0.6) is 0 Å². The topological polar surface area (TPSA) is 20.2 Å². The predicted octanol–water partition coefficient (Wildman–Crippen LogP) is 2.14. The molecule has 0 aromatic carbocycles. The van der Waals surface area contributed by atoms with Crippen LogP contribution in [0.25, 0.3) is 0 Å². The zero-order valence-corrected chi connectivity index (χ0v) is 6.96. The van der Waals surface area contributed by atoms with Gasteiger partial charge in [-0.1, -0.05) is 25.2 Å². The Bertz CT molecular complexity index is 136. The minimum atomic E-state index is -0.374. The molecule has 0 bridgehead atoms. The second-order valence-corrected chi connectivity index (χ2v) is 2.75. The van der Waals surface area contributed by atoms with Crippen molar-refractivity contribution in [1.29, 1.82) is 0 Å².